The summed E-state index contributed by atoms with van der Waals surface area (Å²) in [6, 6.07) is -0.0421. The van der Waals surface area contributed by atoms with E-state index in [2.05, 4.69) is 10.4 Å². The van der Waals surface area contributed by atoms with Gasteiger partial charge in [0.25, 0.3) is 0 Å². The van der Waals surface area contributed by atoms with E-state index in [1.807, 2.05) is 24.0 Å². The SMILES string of the molecule is CCn1cc(C(CO)NCC2CCCO2)cn1. The van der Waals surface area contributed by atoms with Gasteiger partial charge in [-0.1, -0.05) is 0 Å². The maximum Gasteiger partial charge on any atom is 0.0700 e. The van der Waals surface area contributed by atoms with E-state index in [4.69, 9.17) is 4.74 Å². The van der Waals surface area contributed by atoms with E-state index in [9.17, 15) is 5.11 Å². The molecular weight excluding hydrogens is 218 g/mol. The first-order valence-electron chi connectivity index (χ1n) is 6.31. The Morgan fingerprint density at radius 2 is 2.59 bits per heavy atom. The number of aryl methyl sites for hydroxylation is 1. The number of nitrogens with one attached hydrogen (secondary N) is 1. The number of aromatic nitrogens is 2. The molecule has 0 amide bonds. The highest BCUT2D eigenvalue weighted by atomic mass is 16.5. The van der Waals surface area contributed by atoms with Gasteiger partial charge in [-0.05, 0) is 19.8 Å². The number of rotatable bonds is 6. The summed E-state index contributed by atoms with van der Waals surface area (Å²) in [5.74, 6) is 0. The van der Waals surface area contributed by atoms with Crippen LogP contribution < -0.4 is 5.32 Å². The zero-order valence-corrected chi connectivity index (χ0v) is 10.3. The summed E-state index contributed by atoms with van der Waals surface area (Å²) in [6.07, 6.45) is 6.34. The first-order valence-corrected chi connectivity index (χ1v) is 6.31. The molecule has 0 spiro atoms. The van der Waals surface area contributed by atoms with Crippen LogP contribution in [-0.2, 0) is 11.3 Å². The fraction of sp³-hybridized carbons (Fsp3) is 0.750. The first kappa shape index (κ1) is 12.5. The van der Waals surface area contributed by atoms with E-state index >= 15 is 0 Å². The van der Waals surface area contributed by atoms with Crippen LogP contribution >= 0.6 is 0 Å². The summed E-state index contributed by atoms with van der Waals surface area (Å²) in [4.78, 5) is 0. The molecular formula is C12H21N3O2. The number of nitrogens with zero attached hydrogens (tertiary/aromatic N) is 2. The fourth-order valence-corrected chi connectivity index (χ4v) is 2.10. The average molecular weight is 239 g/mol. The highest BCUT2D eigenvalue weighted by molar-refractivity contribution is 5.10. The normalized spacial score (nSPS) is 21.9. The second-order valence-corrected chi connectivity index (χ2v) is 4.41. The van der Waals surface area contributed by atoms with Crippen molar-refractivity contribution in [3.63, 3.8) is 0 Å². The van der Waals surface area contributed by atoms with Crippen LogP contribution in [0.5, 0.6) is 0 Å². The van der Waals surface area contributed by atoms with Gasteiger partial charge < -0.3 is 15.2 Å². The lowest BCUT2D eigenvalue weighted by Gasteiger charge is -2.17. The second kappa shape index (κ2) is 6.14. The van der Waals surface area contributed by atoms with Crippen molar-refractivity contribution in [2.24, 2.45) is 0 Å². The molecule has 0 radical (unpaired) electrons. The lowest BCUT2D eigenvalue weighted by molar-refractivity contribution is 0.104. The Kier molecular flexibility index (Phi) is 4.53. The molecule has 1 aliphatic heterocycles. The topological polar surface area (TPSA) is 59.3 Å². The molecule has 5 heteroatoms. The highest BCUT2D eigenvalue weighted by Crippen LogP contribution is 2.14. The average Bonchev–Trinajstić information content (AvgIpc) is 3.00. The third-order valence-corrected chi connectivity index (χ3v) is 3.18. The Labute approximate surface area is 102 Å². The molecule has 0 aromatic carbocycles. The van der Waals surface area contributed by atoms with Crippen LogP contribution in [0, 0.1) is 0 Å². The van der Waals surface area contributed by atoms with Gasteiger partial charge in [-0.15, -0.1) is 0 Å². The van der Waals surface area contributed by atoms with Crippen LogP contribution in [0.15, 0.2) is 12.4 Å². The zero-order chi connectivity index (χ0) is 12.1. The fourth-order valence-electron chi connectivity index (χ4n) is 2.10. The highest BCUT2D eigenvalue weighted by Gasteiger charge is 2.18. The minimum Gasteiger partial charge on any atom is -0.394 e. The molecule has 1 aromatic rings. The van der Waals surface area contributed by atoms with Crippen molar-refractivity contribution in [3.8, 4) is 0 Å². The number of ether oxygens (including phenoxy) is 1. The van der Waals surface area contributed by atoms with Crippen molar-refractivity contribution in [3.05, 3.63) is 18.0 Å². The van der Waals surface area contributed by atoms with Gasteiger partial charge in [0.2, 0.25) is 0 Å². The van der Waals surface area contributed by atoms with E-state index in [0.717, 1.165) is 38.1 Å². The van der Waals surface area contributed by atoms with E-state index in [1.165, 1.54) is 0 Å². The molecule has 96 valence electrons. The molecule has 1 aliphatic rings. The van der Waals surface area contributed by atoms with Crippen LogP contribution in [0.2, 0.25) is 0 Å². The Bertz CT molecular complexity index is 334. The Morgan fingerprint density at radius 1 is 1.71 bits per heavy atom. The number of aliphatic hydroxyl groups excluding tert-OH is 1. The predicted octanol–water partition coefficient (Wildman–Crippen LogP) is 0.705. The summed E-state index contributed by atoms with van der Waals surface area (Å²) < 4.78 is 7.41. The van der Waals surface area contributed by atoms with Gasteiger partial charge in [0.1, 0.15) is 0 Å². The minimum absolute atomic E-state index is 0.0421. The van der Waals surface area contributed by atoms with Crippen molar-refractivity contribution in [1.29, 1.82) is 0 Å². The number of hydrogen-bond acceptors (Lipinski definition) is 4. The van der Waals surface area contributed by atoms with Gasteiger partial charge >= 0.3 is 0 Å². The van der Waals surface area contributed by atoms with E-state index in [-0.39, 0.29) is 12.6 Å². The second-order valence-electron chi connectivity index (χ2n) is 4.41. The lowest BCUT2D eigenvalue weighted by Crippen LogP contribution is -2.31. The van der Waals surface area contributed by atoms with E-state index in [0.29, 0.717) is 6.10 Å². The van der Waals surface area contributed by atoms with Gasteiger partial charge in [-0.25, -0.2) is 0 Å². The molecule has 1 aromatic heterocycles. The van der Waals surface area contributed by atoms with Crippen molar-refractivity contribution in [2.45, 2.75) is 38.5 Å². The number of aliphatic hydroxyl groups is 1. The van der Waals surface area contributed by atoms with Crippen LogP contribution in [-0.4, -0.2) is 40.7 Å². The van der Waals surface area contributed by atoms with Gasteiger partial charge in [-0.2, -0.15) is 5.10 Å². The van der Waals surface area contributed by atoms with Crippen LogP contribution in [0.4, 0.5) is 0 Å². The summed E-state index contributed by atoms with van der Waals surface area (Å²) in [5.41, 5.74) is 1.03. The van der Waals surface area contributed by atoms with Crippen molar-refractivity contribution >= 4 is 0 Å². The quantitative estimate of drug-likeness (QED) is 0.767. The van der Waals surface area contributed by atoms with E-state index < -0.39 is 0 Å². The standard InChI is InChI=1S/C12H21N3O2/c1-2-15-8-10(6-14-15)12(9-16)13-7-11-4-3-5-17-11/h6,8,11-13,16H,2-5,7,9H2,1H3. The van der Waals surface area contributed by atoms with Crippen LogP contribution in [0.1, 0.15) is 31.4 Å². The van der Waals surface area contributed by atoms with Crippen molar-refractivity contribution < 1.29 is 9.84 Å². The zero-order valence-electron chi connectivity index (χ0n) is 10.3. The van der Waals surface area contributed by atoms with Gasteiger partial charge in [0.05, 0.1) is 24.9 Å². The molecule has 17 heavy (non-hydrogen) atoms. The summed E-state index contributed by atoms with van der Waals surface area (Å²) in [5, 5.41) is 16.9. The smallest absolute Gasteiger partial charge is 0.0700 e. The Balaban J connectivity index is 1.86. The molecule has 1 fully saturated rings. The van der Waals surface area contributed by atoms with Crippen molar-refractivity contribution in [2.75, 3.05) is 19.8 Å². The maximum atomic E-state index is 9.39. The Hall–Kier alpha value is -0.910. The molecule has 5 nitrogen and oxygen atoms in total. The molecule has 2 unspecified atom stereocenters. The summed E-state index contributed by atoms with van der Waals surface area (Å²) >= 11 is 0. The minimum atomic E-state index is -0.0421. The third-order valence-electron chi connectivity index (χ3n) is 3.18. The number of hydrogen-bond donors (Lipinski definition) is 2. The molecule has 2 heterocycles. The van der Waals surface area contributed by atoms with Gasteiger partial charge in [0, 0.05) is 31.5 Å². The largest absolute Gasteiger partial charge is 0.394 e. The van der Waals surface area contributed by atoms with Gasteiger partial charge in [0.15, 0.2) is 0 Å². The first-order chi connectivity index (χ1) is 8.33. The summed E-state index contributed by atoms with van der Waals surface area (Å²) in [7, 11) is 0. The molecule has 2 atom stereocenters. The third kappa shape index (κ3) is 3.28. The molecule has 0 saturated carbocycles. The van der Waals surface area contributed by atoms with E-state index in [1.54, 1.807) is 0 Å². The van der Waals surface area contributed by atoms with Crippen LogP contribution in [0.25, 0.3) is 0 Å². The molecule has 0 bridgehead atoms. The predicted molar refractivity (Wildman–Crippen MR) is 64.7 cm³/mol. The van der Waals surface area contributed by atoms with Gasteiger partial charge in [-0.3, -0.25) is 4.68 Å². The Morgan fingerprint density at radius 3 is 3.18 bits per heavy atom. The van der Waals surface area contributed by atoms with Crippen LogP contribution in [0.3, 0.4) is 0 Å². The molecule has 2 N–H and O–H groups in total. The monoisotopic (exact) mass is 239 g/mol. The molecule has 0 aliphatic carbocycles. The molecule has 1 saturated heterocycles. The van der Waals surface area contributed by atoms with Crippen molar-refractivity contribution in [1.82, 2.24) is 15.1 Å². The molecule has 2 rings (SSSR count). The summed E-state index contributed by atoms with van der Waals surface area (Å²) in [6.45, 7) is 4.64. The maximum absolute atomic E-state index is 9.39. The lowest BCUT2D eigenvalue weighted by atomic mass is 10.1.